The van der Waals surface area contributed by atoms with Crippen molar-refractivity contribution in [2.45, 2.75) is 76.7 Å². The van der Waals surface area contributed by atoms with E-state index in [4.69, 9.17) is 9.47 Å². The molecular formula is C24H36N4O4. The summed E-state index contributed by atoms with van der Waals surface area (Å²) in [4.78, 5) is 36.8. The van der Waals surface area contributed by atoms with Crippen molar-refractivity contribution in [3.05, 3.63) is 24.4 Å². The van der Waals surface area contributed by atoms with Gasteiger partial charge in [-0.1, -0.05) is 12.5 Å². The Morgan fingerprint density at radius 2 is 1.88 bits per heavy atom. The number of aromatic nitrogens is 1. The normalized spacial score (nSPS) is 25.2. The van der Waals surface area contributed by atoms with Gasteiger partial charge in [0.05, 0.1) is 6.54 Å². The van der Waals surface area contributed by atoms with E-state index in [1.54, 1.807) is 17.2 Å². The molecule has 3 heterocycles. The maximum Gasteiger partial charge on any atom is 0.411 e. The fourth-order valence-corrected chi connectivity index (χ4v) is 4.71. The minimum Gasteiger partial charge on any atom is -0.472 e. The zero-order valence-electron chi connectivity index (χ0n) is 19.5. The van der Waals surface area contributed by atoms with Crippen LogP contribution in [-0.2, 0) is 9.53 Å². The minimum atomic E-state index is -0.628. The Morgan fingerprint density at radius 3 is 2.53 bits per heavy atom. The van der Waals surface area contributed by atoms with Crippen molar-refractivity contribution in [1.82, 2.24) is 19.7 Å². The van der Waals surface area contributed by atoms with Crippen LogP contribution in [0, 0.1) is 0 Å². The molecule has 2 aliphatic heterocycles. The lowest BCUT2D eigenvalue weighted by Gasteiger charge is -2.37. The van der Waals surface area contributed by atoms with Gasteiger partial charge in [0.2, 0.25) is 11.8 Å². The molecular weight excluding hydrogens is 408 g/mol. The summed E-state index contributed by atoms with van der Waals surface area (Å²) in [7, 11) is 0. The van der Waals surface area contributed by atoms with E-state index in [9.17, 15) is 9.59 Å². The van der Waals surface area contributed by atoms with Crippen LogP contribution in [0.3, 0.4) is 0 Å². The second-order valence-electron chi connectivity index (χ2n) is 10.1. The van der Waals surface area contributed by atoms with Crippen molar-refractivity contribution in [3.63, 3.8) is 0 Å². The molecule has 0 spiro atoms. The predicted molar refractivity (Wildman–Crippen MR) is 120 cm³/mol. The topological polar surface area (TPSA) is 75.2 Å². The summed E-state index contributed by atoms with van der Waals surface area (Å²) in [5.74, 6) is 0.499. The molecule has 4 rings (SSSR count). The molecule has 32 heavy (non-hydrogen) atoms. The zero-order valence-corrected chi connectivity index (χ0v) is 19.5. The maximum atomic E-state index is 13.6. The Labute approximate surface area is 190 Å². The lowest BCUT2D eigenvalue weighted by Crippen LogP contribution is -2.50. The molecule has 2 atom stereocenters. The van der Waals surface area contributed by atoms with Gasteiger partial charge in [-0.2, -0.15) is 0 Å². The second-order valence-corrected chi connectivity index (χ2v) is 10.1. The van der Waals surface area contributed by atoms with E-state index in [1.165, 1.54) is 19.3 Å². The van der Waals surface area contributed by atoms with Crippen molar-refractivity contribution in [2.75, 3.05) is 32.7 Å². The van der Waals surface area contributed by atoms with Gasteiger partial charge in [0.1, 0.15) is 17.7 Å². The van der Waals surface area contributed by atoms with E-state index < -0.39 is 17.7 Å². The number of pyridine rings is 1. The quantitative estimate of drug-likeness (QED) is 0.711. The predicted octanol–water partition coefficient (Wildman–Crippen LogP) is 2.93. The largest absolute Gasteiger partial charge is 0.472 e. The smallest absolute Gasteiger partial charge is 0.411 e. The molecule has 1 aliphatic carbocycles. The summed E-state index contributed by atoms with van der Waals surface area (Å²) in [6, 6.07) is 5.58. The lowest BCUT2D eigenvalue weighted by molar-refractivity contribution is -0.135. The molecule has 1 aromatic heterocycles. The number of rotatable bonds is 4. The summed E-state index contributed by atoms with van der Waals surface area (Å²) >= 11 is 0. The van der Waals surface area contributed by atoms with E-state index in [-0.39, 0.29) is 12.0 Å². The first-order valence-electron chi connectivity index (χ1n) is 11.9. The third-order valence-electron chi connectivity index (χ3n) is 6.53. The average molecular weight is 445 g/mol. The highest BCUT2D eigenvalue weighted by molar-refractivity contribution is 5.86. The minimum absolute atomic E-state index is 0.00144. The van der Waals surface area contributed by atoms with Crippen LogP contribution in [0.4, 0.5) is 4.79 Å². The SMILES string of the molecule is CC(C)(C)OC(=O)N1C[C@H](Oc2ccccn2)C[C@@H]1C(=O)N1CCCN(C2CCC2)CC1. The first-order valence-corrected chi connectivity index (χ1v) is 11.9. The van der Waals surface area contributed by atoms with Crippen molar-refractivity contribution in [1.29, 1.82) is 0 Å². The molecule has 2 saturated heterocycles. The van der Waals surface area contributed by atoms with Crippen molar-refractivity contribution < 1.29 is 19.1 Å². The number of carbonyl (C=O) groups excluding carboxylic acids is 2. The van der Waals surface area contributed by atoms with Gasteiger partial charge in [0, 0.05) is 50.9 Å². The summed E-state index contributed by atoms with van der Waals surface area (Å²) in [5.41, 5.74) is -0.628. The van der Waals surface area contributed by atoms with E-state index in [1.807, 2.05) is 37.8 Å². The fourth-order valence-electron chi connectivity index (χ4n) is 4.71. The highest BCUT2D eigenvalue weighted by Gasteiger charge is 2.44. The molecule has 176 valence electrons. The van der Waals surface area contributed by atoms with Crippen molar-refractivity contribution >= 4 is 12.0 Å². The Balaban J connectivity index is 1.44. The van der Waals surface area contributed by atoms with E-state index >= 15 is 0 Å². The summed E-state index contributed by atoms with van der Waals surface area (Å²) in [6.07, 6.45) is 6.18. The van der Waals surface area contributed by atoms with Gasteiger partial charge in [-0.15, -0.1) is 0 Å². The van der Waals surface area contributed by atoms with Crippen LogP contribution in [0.15, 0.2) is 24.4 Å². The number of hydrogen-bond acceptors (Lipinski definition) is 6. The molecule has 3 aliphatic rings. The average Bonchev–Trinajstić information content (AvgIpc) is 2.97. The summed E-state index contributed by atoms with van der Waals surface area (Å²) in [6.45, 7) is 9.20. The third kappa shape index (κ3) is 5.52. The first-order chi connectivity index (χ1) is 15.3. The second kappa shape index (κ2) is 9.65. The van der Waals surface area contributed by atoms with Gasteiger partial charge in [0.15, 0.2) is 0 Å². The van der Waals surface area contributed by atoms with Crippen molar-refractivity contribution in [2.24, 2.45) is 0 Å². The monoisotopic (exact) mass is 444 g/mol. The molecule has 1 aromatic rings. The Bertz CT molecular complexity index is 793. The molecule has 8 heteroatoms. The molecule has 0 unspecified atom stereocenters. The molecule has 3 fully saturated rings. The molecule has 0 bridgehead atoms. The van der Waals surface area contributed by atoms with Crippen LogP contribution in [0.25, 0.3) is 0 Å². The van der Waals surface area contributed by atoms with Crippen LogP contribution < -0.4 is 4.74 Å². The Hall–Kier alpha value is -2.35. The summed E-state index contributed by atoms with van der Waals surface area (Å²) in [5, 5.41) is 0. The van der Waals surface area contributed by atoms with Gasteiger partial charge in [-0.05, 0) is 46.1 Å². The highest BCUT2D eigenvalue weighted by atomic mass is 16.6. The van der Waals surface area contributed by atoms with Crippen LogP contribution in [0.2, 0.25) is 0 Å². The van der Waals surface area contributed by atoms with Gasteiger partial charge < -0.3 is 14.4 Å². The Morgan fingerprint density at radius 1 is 1.06 bits per heavy atom. The van der Waals surface area contributed by atoms with Crippen LogP contribution in [-0.4, -0.2) is 88.2 Å². The number of amides is 2. The van der Waals surface area contributed by atoms with Gasteiger partial charge in [-0.25, -0.2) is 9.78 Å². The fraction of sp³-hybridized carbons (Fsp3) is 0.708. The van der Waals surface area contributed by atoms with Crippen molar-refractivity contribution in [3.8, 4) is 5.88 Å². The highest BCUT2D eigenvalue weighted by Crippen LogP contribution is 2.28. The van der Waals surface area contributed by atoms with Gasteiger partial charge in [-0.3, -0.25) is 14.6 Å². The first kappa shape index (κ1) is 22.8. The zero-order chi connectivity index (χ0) is 22.7. The van der Waals surface area contributed by atoms with E-state index in [2.05, 4.69) is 9.88 Å². The molecule has 0 aromatic carbocycles. The van der Waals surface area contributed by atoms with Crippen LogP contribution >= 0.6 is 0 Å². The molecule has 1 saturated carbocycles. The van der Waals surface area contributed by atoms with Gasteiger partial charge in [0.25, 0.3) is 0 Å². The third-order valence-corrected chi connectivity index (χ3v) is 6.53. The molecule has 0 N–H and O–H groups in total. The number of hydrogen-bond donors (Lipinski definition) is 0. The van der Waals surface area contributed by atoms with Gasteiger partial charge >= 0.3 is 6.09 Å². The number of carbonyl (C=O) groups is 2. The lowest BCUT2D eigenvalue weighted by atomic mass is 9.91. The standard InChI is InChI=1S/C24H36N4O4/c1-24(2,3)32-23(30)28-17-19(31-21-10-4-5-11-25-21)16-20(28)22(29)27-13-7-12-26(14-15-27)18-8-6-9-18/h4-5,10-11,18-20H,6-9,12-17H2,1-3H3/t19-,20-/m1/s1. The Kier molecular flexibility index (Phi) is 6.88. The summed E-state index contributed by atoms with van der Waals surface area (Å²) < 4.78 is 11.6. The van der Waals surface area contributed by atoms with Crippen LogP contribution in [0.5, 0.6) is 5.88 Å². The van der Waals surface area contributed by atoms with E-state index in [0.717, 1.165) is 26.1 Å². The number of nitrogens with zero attached hydrogens (tertiary/aromatic N) is 4. The van der Waals surface area contributed by atoms with E-state index in [0.29, 0.717) is 31.4 Å². The van der Waals surface area contributed by atoms with Crippen LogP contribution in [0.1, 0.15) is 52.9 Å². The maximum absolute atomic E-state index is 13.6. The molecule has 2 amide bonds. The molecule has 8 nitrogen and oxygen atoms in total. The number of ether oxygens (including phenoxy) is 2. The number of likely N-dealkylation sites (tertiary alicyclic amines) is 1. The molecule has 0 radical (unpaired) electrons.